The van der Waals surface area contributed by atoms with E-state index in [1.165, 1.54) is 13.2 Å². The lowest BCUT2D eigenvalue weighted by molar-refractivity contribution is -0.127. The molecule has 0 radical (unpaired) electrons. The van der Waals surface area contributed by atoms with Gasteiger partial charge in [0.15, 0.2) is 11.5 Å². The van der Waals surface area contributed by atoms with E-state index in [9.17, 15) is 14.4 Å². The molecule has 8 nitrogen and oxygen atoms in total. The van der Waals surface area contributed by atoms with Gasteiger partial charge in [-0.05, 0) is 47.3 Å². The normalized spacial score (nSPS) is 17.8. The van der Waals surface area contributed by atoms with Crippen molar-refractivity contribution in [3.05, 3.63) is 22.2 Å². The highest BCUT2D eigenvalue weighted by molar-refractivity contribution is 9.10. The molecule has 0 unspecified atom stereocenters. The summed E-state index contributed by atoms with van der Waals surface area (Å²) >= 11 is 3.33. The molecule has 2 atom stereocenters. The fraction of sp³-hybridized carbons (Fsp3) is 0.471. The lowest BCUT2D eigenvalue weighted by Crippen LogP contribution is -2.46. The van der Waals surface area contributed by atoms with Gasteiger partial charge in [-0.1, -0.05) is 6.92 Å². The molecule has 3 amide bonds. The zero-order valence-electron chi connectivity index (χ0n) is 14.8. The Balaban J connectivity index is 1.87. The second-order valence-electron chi connectivity index (χ2n) is 5.96. The van der Waals surface area contributed by atoms with Gasteiger partial charge in [-0.3, -0.25) is 25.2 Å². The minimum Gasteiger partial charge on any atom is -0.493 e. The zero-order valence-corrected chi connectivity index (χ0v) is 16.4. The number of hydrogen-bond acceptors (Lipinski definition) is 5. The molecule has 26 heavy (non-hydrogen) atoms. The van der Waals surface area contributed by atoms with E-state index in [1.54, 1.807) is 6.07 Å². The fourth-order valence-electron chi connectivity index (χ4n) is 2.36. The maximum Gasteiger partial charge on any atom is 0.269 e. The largest absolute Gasteiger partial charge is 0.493 e. The number of nitrogens with one attached hydrogen (secondary N) is 3. The lowest BCUT2D eigenvalue weighted by atomic mass is 10.2. The Hall–Kier alpha value is -2.29. The fourth-order valence-corrected chi connectivity index (χ4v) is 2.92. The SMILES string of the molecule is CCOc1c(Br)cc(C(=O)NNC(=O)CNC(=O)[C@@H]2C[C@@H]2C)cc1OC. The highest BCUT2D eigenvalue weighted by Crippen LogP contribution is 2.37. The number of rotatable bonds is 7. The first-order chi connectivity index (χ1) is 12.4. The standard InChI is InChI=1S/C17H22BrN3O5/c1-4-26-15-12(18)6-10(7-13(15)25-3)16(23)21-20-14(22)8-19-17(24)11-5-9(11)2/h6-7,9,11H,4-5,8H2,1-3H3,(H,19,24)(H,20,22)(H,21,23)/t9-,11+/m0/s1. The van der Waals surface area contributed by atoms with Crippen LogP contribution in [0.1, 0.15) is 30.6 Å². The third kappa shape index (κ3) is 5.10. The summed E-state index contributed by atoms with van der Waals surface area (Å²) in [6, 6.07) is 3.07. The number of hydrazine groups is 1. The quantitative estimate of drug-likeness (QED) is 0.570. The van der Waals surface area contributed by atoms with E-state index in [0.717, 1.165) is 6.42 Å². The van der Waals surface area contributed by atoms with Crippen molar-refractivity contribution in [3.63, 3.8) is 0 Å². The lowest BCUT2D eigenvalue weighted by Gasteiger charge is -2.13. The number of halogens is 1. The second kappa shape index (κ2) is 8.88. The minimum absolute atomic E-state index is 0.00828. The molecule has 142 valence electrons. The van der Waals surface area contributed by atoms with E-state index in [2.05, 4.69) is 32.1 Å². The number of hydrogen-bond donors (Lipinski definition) is 3. The van der Waals surface area contributed by atoms with Gasteiger partial charge in [0.25, 0.3) is 11.8 Å². The van der Waals surface area contributed by atoms with Crippen molar-refractivity contribution in [2.24, 2.45) is 11.8 Å². The van der Waals surface area contributed by atoms with E-state index in [4.69, 9.17) is 9.47 Å². The Labute approximate surface area is 160 Å². The summed E-state index contributed by atoms with van der Waals surface area (Å²) < 4.78 is 11.2. The summed E-state index contributed by atoms with van der Waals surface area (Å²) in [6.45, 7) is 4.07. The molecule has 1 aliphatic carbocycles. The van der Waals surface area contributed by atoms with Gasteiger partial charge in [-0.25, -0.2) is 0 Å². The van der Waals surface area contributed by atoms with Gasteiger partial charge in [0.05, 0.1) is 24.7 Å². The molecule has 0 heterocycles. The molecule has 2 rings (SSSR count). The van der Waals surface area contributed by atoms with E-state index in [-0.39, 0.29) is 23.9 Å². The molecule has 3 N–H and O–H groups in total. The van der Waals surface area contributed by atoms with Gasteiger partial charge in [0.2, 0.25) is 5.91 Å². The van der Waals surface area contributed by atoms with Crippen molar-refractivity contribution < 1.29 is 23.9 Å². The van der Waals surface area contributed by atoms with Crippen LogP contribution in [0.4, 0.5) is 0 Å². The molecule has 0 bridgehead atoms. The van der Waals surface area contributed by atoms with Crippen molar-refractivity contribution in [2.45, 2.75) is 20.3 Å². The number of methoxy groups -OCH3 is 1. The van der Waals surface area contributed by atoms with Crippen molar-refractivity contribution in [1.29, 1.82) is 0 Å². The van der Waals surface area contributed by atoms with Crippen molar-refractivity contribution in [2.75, 3.05) is 20.3 Å². The summed E-state index contributed by atoms with van der Waals surface area (Å²) in [5, 5.41) is 2.54. The first-order valence-electron chi connectivity index (χ1n) is 8.24. The zero-order chi connectivity index (χ0) is 19.3. The van der Waals surface area contributed by atoms with E-state index in [0.29, 0.717) is 28.5 Å². The average molecular weight is 428 g/mol. The molecule has 0 aromatic heterocycles. The Morgan fingerprint density at radius 3 is 2.54 bits per heavy atom. The first-order valence-corrected chi connectivity index (χ1v) is 9.03. The van der Waals surface area contributed by atoms with E-state index in [1.807, 2.05) is 13.8 Å². The third-order valence-corrected chi connectivity index (χ3v) is 4.55. The van der Waals surface area contributed by atoms with E-state index >= 15 is 0 Å². The van der Waals surface area contributed by atoms with E-state index < -0.39 is 11.8 Å². The predicted molar refractivity (Wildman–Crippen MR) is 97.8 cm³/mol. The highest BCUT2D eigenvalue weighted by atomic mass is 79.9. The van der Waals surface area contributed by atoms with Crippen LogP contribution in [0.15, 0.2) is 16.6 Å². The molecule has 1 fully saturated rings. The van der Waals surface area contributed by atoms with Crippen LogP contribution in [-0.4, -0.2) is 38.0 Å². The molecule has 0 aliphatic heterocycles. The van der Waals surface area contributed by atoms with Crippen molar-refractivity contribution in [1.82, 2.24) is 16.2 Å². The molecule has 1 aromatic rings. The smallest absolute Gasteiger partial charge is 0.269 e. The number of carbonyl (C=O) groups is 3. The van der Waals surface area contributed by atoms with Crippen molar-refractivity contribution in [3.8, 4) is 11.5 Å². The monoisotopic (exact) mass is 427 g/mol. The average Bonchev–Trinajstić information content (AvgIpc) is 3.35. The molecule has 9 heteroatoms. The summed E-state index contributed by atoms with van der Waals surface area (Å²) in [5.41, 5.74) is 4.83. The molecular weight excluding hydrogens is 406 g/mol. The van der Waals surface area contributed by atoms with Crippen LogP contribution in [-0.2, 0) is 9.59 Å². The van der Waals surface area contributed by atoms with Gasteiger partial charge in [-0.2, -0.15) is 0 Å². The molecular formula is C17H22BrN3O5. The summed E-state index contributed by atoms with van der Waals surface area (Å²) in [4.78, 5) is 35.6. The number of carbonyl (C=O) groups excluding carboxylic acids is 3. The van der Waals surface area contributed by atoms with Crippen LogP contribution in [0.25, 0.3) is 0 Å². The first kappa shape index (κ1) is 20.0. The Bertz CT molecular complexity index is 710. The molecule has 0 saturated heterocycles. The summed E-state index contributed by atoms with van der Waals surface area (Å²) in [7, 11) is 1.47. The van der Waals surface area contributed by atoms with Crippen LogP contribution in [0.5, 0.6) is 11.5 Å². The topological polar surface area (TPSA) is 106 Å². The van der Waals surface area contributed by atoms with Crippen LogP contribution in [0.3, 0.4) is 0 Å². The Kier molecular flexibility index (Phi) is 6.84. The van der Waals surface area contributed by atoms with Gasteiger partial charge >= 0.3 is 0 Å². The van der Waals surface area contributed by atoms with Gasteiger partial charge in [-0.15, -0.1) is 0 Å². The number of benzene rings is 1. The molecule has 0 spiro atoms. The Morgan fingerprint density at radius 1 is 1.27 bits per heavy atom. The minimum atomic E-state index is -0.525. The van der Waals surface area contributed by atoms with Gasteiger partial charge < -0.3 is 14.8 Å². The second-order valence-corrected chi connectivity index (χ2v) is 6.82. The van der Waals surface area contributed by atoms with Crippen LogP contribution in [0.2, 0.25) is 0 Å². The maximum atomic E-state index is 12.2. The van der Waals surface area contributed by atoms with Gasteiger partial charge in [0.1, 0.15) is 0 Å². The predicted octanol–water partition coefficient (Wildman–Crippen LogP) is 1.39. The molecule has 1 aliphatic rings. The summed E-state index contributed by atoms with van der Waals surface area (Å²) in [5.74, 6) is 0.0618. The Morgan fingerprint density at radius 2 is 1.96 bits per heavy atom. The van der Waals surface area contributed by atoms with Crippen molar-refractivity contribution >= 4 is 33.7 Å². The molecule has 1 saturated carbocycles. The van der Waals surface area contributed by atoms with Crippen LogP contribution in [0, 0.1) is 11.8 Å². The van der Waals surface area contributed by atoms with Crippen LogP contribution >= 0.6 is 15.9 Å². The number of amides is 3. The summed E-state index contributed by atoms with van der Waals surface area (Å²) in [6.07, 6.45) is 0.846. The van der Waals surface area contributed by atoms with Gasteiger partial charge in [0, 0.05) is 11.5 Å². The number of ether oxygens (including phenoxy) is 2. The maximum absolute atomic E-state index is 12.2. The molecule has 1 aromatic carbocycles. The highest BCUT2D eigenvalue weighted by Gasteiger charge is 2.38. The third-order valence-electron chi connectivity index (χ3n) is 3.97. The van der Waals surface area contributed by atoms with Crippen LogP contribution < -0.4 is 25.6 Å².